The Hall–Kier alpha value is -2.28. The van der Waals surface area contributed by atoms with Crippen molar-refractivity contribution in [2.24, 2.45) is 0 Å². The van der Waals surface area contributed by atoms with E-state index in [0.29, 0.717) is 11.7 Å². The fraction of sp³-hybridized carbons (Fsp3) is 0.286. The van der Waals surface area contributed by atoms with Crippen molar-refractivity contribution < 1.29 is 9.63 Å². The van der Waals surface area contributed by atoms with E-state index in [1.165, 1.54) is 11.5 Å². The normalized spacial score (nSPS) is 11.8. The first-order chi connectivity index (χ1) is 9.95. The van der Waals surface area contributed by atoms with E-state index in [-0.39, 0.29) is 11.2 Å². The summed E-state index contributed by atoms with van der Waals surface area (Å²) in [6, 6.07) is 6.64. The number of hydrogen-bond donors (Lipinski definition) is 1. The Morgan fingerprint density at radius 3 is 2.52 bits per heavy atom. The highest BCUT2D eigenvalue weighted by molar-refractivity contribution is 7.09. The van der Waals surface area contributed by atoms with Crippen LogP contribution in [-0.4, -0.2) is 24.8 Å². The van der Waals surface area contributed by atoms with Crippen molar-refractivity contribution in [1.29, 1.82) is 0 Å². The summed E-state index contributed by atoms with van der Waals surface area (Å²) in [6.07, 6.45) is 0. The topological polar surface area (TPSA) is 84.9 Å². The van der Waals surface area contributed by atoms with Gasteiger partial charge in [0.25, 0.3) is 5.89 Å². The first-order valence-corrected chi connectivity index (χ1v) is 7.19. The summed E-state index contributed by atoms with van der Waals surface area (Å²) < 4.78 is 9.33. The largest absolute Gasteiger partial charge is 0.508 e. The molecule has 21 heavy (non-hydrogen) atoms. The second kappa shape index (κ2) is 4.92. The van der Waals surface area contributed by atoms with Crippen LogP contribution in [0.1, 0.15) is 26.5 Å². The van der Waals surface area contributed by atoms with Gasteiger partial charge in [-0.05, 0) is 35.8 Å². The van der Waals surface area contributed by atoms with Gasteiger partial charge in [0, 0.05) is 11.0 Å². The minimum absolute atomic E-state index is 0.143. The monoisotopic (exact) mass is 302 g/mol. The van der Waals surface area contributed by atoms with E-state index < -0.39 is 0 Å². The molecule has 3 rings (SSSR count). The molecule has 0 saturated heterocycles. The van der Waals surface area contributed by atoms with Gasteiger partial charge in [-0.15, -0.1) is 5.10 Å². The smallest absolute Gasteiger partial charge is 0.271 e. The van der Waals surface area contributed by atoms with E-state index in [4.69, 9.17) is 4.52 Å². The maximum absolute atomic E-state index is 9.31. The van der Waals surface area contributed by atoms with Gasteiger partial charge in [0.1, 0.15) is 10.6 Å². The van der Waals surface area contributed by atoms with E-state index in [0.717, 1.165) is 16.1 Å². The summed E-state index contributed by atoms with van der Waals surface area (Å²) in [5.41, 5.74) is 1.47. The number of hydrogen-bond acceptors (Lipinski definition) is 7. The summed E-state index contributed by atoms with van der Waals surface area (Å²) in [7, 11) is 0. The quantitative estimate of drug-likeness (QED) is 0.782. The molecule has 0 atom stereocenters. The molecule has 0 radical (unpaired) electrons. The number of aromatic nitrogens is 4. The van der Waals surface area contributed by atoms with Crippen LogP contribution in [0.2, 0.25) is 0 Å². The fourth-order valence-corrected chi connectivity index (χ4v) is 2.66. The molecule has 0 unspecified atom stereocenters. The number of benzene rings is 1. The van der Waals surface area contributed by atoms with Gasteiger partial charge in [0.05, 0.1) is 5.69 Å². The van der Waals surface area contributed by atoms with E-state index in [9.17, 15) is 5.11 Å². The molecule has 6 nitrogen and oxygen atoms in total. The minimum Gasteiger partial charge on any atom is -0.508 e. The lowest BCUT2D eigenvalue weighted by Gasteiger charge is -2.14. The zero-order chi connectivity index (χ0) is 15.0. The molecule has 7 heteroatoms. The van der Waals surface area contributed by atoms with Crippen LogP contribution in [0.5, 0.6) is 5.75 Å². The highest BCUT2D eigenvalue weighted by atomic mass is 32.1. The van der Waals surface area contributed by atoms with Crippen LogP contribution < -0.4 is 0 Å². The predicted octanol–water partition coefficient (Wildman–Crippen LogP) is 3.26. The van der Waals surface area contributed by atoms with Crippen molar-refractivity contribution in [1.82, 2.24) is 19.7 Å². The Bertz CT molecular complexity index is 756. The summed E-state index contributed by atoms with van der Waals surface area (Å²) in [4.78, 5) is 5.19. The lowest BCUT2D eigenvalue weighted by atomic mass is 9.91. The third-order valence-electron chi connectivity index (χ3n) is 2.94. The van der Waals surface area contributed by atoms with Gasteiger partial charge in [-0.2, -0.15) is 4.98 Å². The number of aromatic hydroxyl groups is 1. The number of phenolic OH excluding ortho intramolecular Hbond substituents is 1. The van der Waals surface area contributed by atoms with Gasteiger partial charge in [-0.3, -0.25) is 0 Å². The van der Waals surface area contributed by atoms with Gasteiger partial charge in [-0.25, -0.2) is 0 Å². The van der Waals surface area contributed by atoms with E-state index in [1.807, 2.05) is 0 Å². The van der Waals surface area contributed by atoms with Crippen LogP contribution in [0.4, 0.5) is 0 Å². The molecule has 1 N–H and O–H groups in total. The van der Waals surface area contributed by atoms with Crippen molar-refractivity contribution in [2.45, 2.75) is 26.2 Å². The van der Waals surface area contributed by atoms with Crippen molar-refractivity contribution in [3.8, 4) is 27.9 Å². The molecule has 0 spiro atoms. The fourth-order valence-electron chi connectivity index (χ4n) is 1.87. The molecule has 0 aliphatic rings. The minimum atomic E-state index is -0.143. The lowest BCUT2D eigenvalue weighted by molar-refractivity contribution is 0.431. The Balaban J connectivity index is 1.99. The predicted molar refractivity (Wildman–Crippen MR) is 79.0 cm³/mol. The molecule has 3 aromatic rings. The summed E-state index contributed by atoms with van der Waals surface area (Å²) in [5, 5.41) is 17.4. The average Bonchev–Trinajstić information content (AvgIpc) is 3.07. The van der Waals surface area contributed by atoms with E-state index in [1.54, 1.807) is 24.3 Å². The summed E-state index contributed by atoms with van der Waals surface area (Å²) in [6.45, 7) is 6.18. The summed E-state index contributed by atoms with van der Waals surface area (Å²) in [5.74, 6) is 1.08. The molecule has 1 aromatic carbocycles. The molecule has 0 bridgehead atoms. The molecule has 2 aromatic heterocycles. The van der Waals surface area contributed by atoms with Gasteiger partial charge < -0.3 is 9.63 Å². The van der Waals surface area contributed by atoms with Crippen molar-refractivity contribution in [3.63, 3.8) is 0 Å². The van der Waals surface area contributed by atoms with Gasteiger partial charge >= 0.3 is 0 Å². The lowest BCUT2D eigenvalue weighted by Crippen LogP contribution is -2.13. The zero-order valence-corrected chi connectivity index (χ0v) is 12.7. The molecule has 0 saturated carbocycles. The maximum Gasteiger partial charge on any atom is 0.271 e. The Morgan fingerprint density at radius 2 is 1.86 bits per heavy atom. The molecule has 0 aliphatic heterocycles. The Morgan fingerprint density at radius 1 is 1.14 bits per heavy atom. The Kier molecular flexibility index (Phi) is 3.21. The first-order valence-electron chi connectivity index (χ1n) is 6.41. The maximum atomic E-state index is 9.31. The molecule has 0 fully saturated rings. The first kappa shape index (κ1) is 13.7. The van der Waals surface area contributed by atoms with Gasteiger partial charge in [0.15, 0.2) is 0 Å². The summed E-state index contributed by atoms with van der Waals surface area (Å²) >= 11 is 1.24. The van der Waals surface area contributed by atoms with E-state index >= 15 is 0 Å². The second-order valence-electron chi connectivity index (χ2n) is 5.67. The van der Waals surface area contributed by atoms with Crippen LogP contribution in [0.15, 0.2) is 28.8 Å². The highest BCUT2D eigenvalue weighted by Gasteiger charge is 2.26. The van der Waals surface area contributed by atoms with Crippen LogP contribution in [0, 0.1) is 0 Å². The molecule has 0 amide bonds. The average molecular weight is 302 g/mol. The van der Waals surface area contributed by atoms with Crippen LogP contribution in [0.25, 0.3) is 22.2 Å². The second-order valence-corrected chi connectivity index (χ2v) is 6.42. The highest BCUT2D eigenvalue weighted by Crippen LogP contribution is 2.33. The van der Waals surface area contributed by atoms with Crippen LogP contribution in [-0.2, 0) is 5.41 Å². The number of phenols is 1. The molecular formula is C14H14N4O2S. The SMILES string of the molecule is CC(C)(C)c1nnsc1-c1nc(-c2ccc(O)cc2)no1. The number of rotatable bonds is 2. The standard InChI is InChI=1S/C14H14N4O2S/c1-14(2,3)11-10(21-18-16-11)13-15-12(17-20-13)8-4-6-9(19)7-5-8/h4-7,19H,1-3H3. The third kappa shape index (κ3) is 2.64. The van der Waals surface area contributed by atoms with Crippen LogP contribution >= 0.6 is 11.5 Å². The van der Waals surface area contributed by atoms with Crippen molar-refractivity contribution >= 4 is 11.5 Å². The zero-order valence-electron chi connectivity index (χ0n) is 11.9. The van der Waals surface area contributed by atoms with Crippen LogP contribution in [0.3, 0.4) is 0 Å². The van der Waals surface area contributed by atoms with Crippen molar-refractivity contribution in [2.75, 3.05) is 0 Å². The van der Waals surface area contributed by atoms with Gasteiger partial charge in [0.2, 0.25) is 5.82 Å². The Labute approximate surface area is 125 Å². The molecule has 2 heterocycles. The third-order valence-corrected chi connectivity index (χ3v) is 3.66. The molecular weight excluding hydrogens is 288 g/mol. The number of nitrogens with zero attached hydrogens (tertiary/aromatic N) is 4. The van der Waals surface area contributed by atoms with Crippen molar-refractivity contribution in [3.05, 3.63) is 30.0 Å². The molecule has 0 aliphatic carbocycles. The molecule has 108 valence electrons. The van der Waals surface area contributed by atoms with E-state index in [2.05, 4.69) is 40.5 Å². The van der Waals surface area contributed by atoms with Gasteiger partial charge in [-0.1, -0.05) is 30.4 Å².